The fourth-order valence-electron chi connectivity index (χ4n) is 0. The molecule has 0 aliphatic heterocycles. The van der Waals surface area contributed by atoms with E-state index in [1.54, 1.807) is 0 Å². The first-order valence-corrected chi connectivity index (χ1v) is 1.01. The summed E-state index contributed by atoms with van der Waals surface area (Å²) in [6.45, 7) is 0. The molecule has 0 saturated carbocycles. The molecule has 0 saturated heterocycles. The van der Waals surface area contributed by atoms with Crippen LogP contribution in [0.3, 0.4) is 0 Å². The summed E-state index contributed by atoms with van der Waals surface area (Å²) >= 11 is 0. The second-order valence-electron chi connectivity index (χ2n) is 0.238. The molecule has 0 unspecified atom stereocenters. The van der Waals surface area contributed by atoms with Crippen molar-refractivity contribution in [2.75, 3.05) is 7.11 Å². The van der Waals surface area contributed by atoms with Gasteiger partial charge < -0.3 is 10.3 Å². The van der Waals surface area contributed by atoms with E-state index < -0.39 is 5.09 Å². The van der Waals surface area contributed by atoms with E-state index in [0.717, 1.165) is 7.11 Å². The van der Waals surface area contributed by atoms with Crippen LogP contribution in [0, 0.1) is 10.1 Å². The third kappa shape index (κ3) is 685. The van der Waals surface area contributed by atoms with Gasteiger partial charge in [-0.1, -0.05) is 0 Å². The van der Waals surface area contributed by atoms with Crippen LogP contribution in [0.2, 0.25) is 0 Å². The van der Waals surface area contributed by atoms with Crippen LogP contribution in [0.4, 0.5) is 0 Å². The number of rotatable bonds is 0. The molecule has 0 aliphatic rings. The van der Waals surface area contributed by atoms with E-state index >= 15 is 0 Å². The van der Waals surface area contributed by atoms with Crippen molar-refractivity contribution in [3.05, 3.63) is 10.1 Å². The van der Waals surface area contributed by atoms with E-state index in [4.69, 9.17) is 20.4 Å². The summed E-state index contributed by atoms with van der Waals surface area (Å²) in [5.74, 6) is 0. The van der Waals surface area contributed by atoms with E-state index in [2.05, 4.69) is 0 Å². The zero-order chi connectivity index (χ0) is 5.58. The maximum atomic E-state index is 8.36. The molecule has 0 atom stereocenters. The molecule has 0 aromatic heterocycles. The first-order valence-electron chi connectivity index (χ1n) is 1.01. The molecule has 6 heteroatoms. The van der Waals surface area contributed by atoms with Gasteiger partial charge in [-0.3, -0.25) is 0 Å². The number of hydrogen-bond acceptors (Lipinski definition) is 3. The molecule has 5 nitrogen and oxygen atoms in total. The van der Waals surface area contributed by atoms with Crippen molar-refractivity contribution in [3.8, 4) is 0 Å². The maximum absolute atomic E-state index is 8.36. The maximum Gasteiger partial charge on any atom is 0.291 e. The third-order valence-corrected chi connectivity index (χ3v) is 0. The van der Waals surface area contributed by atoms with Crippen LogP contribution in [0.5, 0.6) is 0 Å². The van der Waals surface area contributed by atoms with Crippen LogP contribution in [0.25, 0.3) is 0 Å². The Kier molecular flexibility index (Phi) is 39.5. The summed E-state index contributed by atoms with van der Waals surface area (Å²) in [7, 11) is 1.00. The largest absolute Gasteiger partial charge is 0.400 e. The molecule has 47 valence electrons. The third-order valence-electron chi connectivity index (χ3n) is 0. The molecule has 0 fully saturated rings. The summed E-state index contributed by atoms with van der Waals surface area (Å²) in [4.78, 5) is 8.36. The van der Waals surface area contributed by atoms with Gasteiger partial charge in [-0.2, -0.15) is 0 Å². The molecule has 7 heavy (non-hydrogen) atoms. The van der Waals surface area contributed by atoms with E-state index in [9.17, 15) is 0 Å². The molecule has 0 bridgehead atoms. The Hall–Kier alpha value is -0.334. The first kappa shape index (κ1) is 15.9. The average molecular weight is 154 g/mol. The van der Waals surface area contributed by atoms with Gasteiger partial charge in [0.15, 0.2) is 0 Å². The summed E-state index contributed by atoms with van der Waals surface area (Å²) in [5.41, 5.74) is 0. The van der Waals surface area contributed by atoms with Crippen LogP contribution >= 0.6 is 0 Å². The van der Waals surface area contributed by atoms with Crippen molar-refractivity contribution in [3.63, 3.8) is 0 Å². The van der Waals surface area contributed by atoms with Crippen molar-refractivity contribution in [1.82, 2.24) is 0 Å². The van der Waals surface area contributed by atoms with E-state index in [-0.39, 0.29) is 16.8 Å². The second kappa shape index (κ2) is 17.4. The van der Waals surface area contributed by atoms with E-state index in [1.807, 2.05) is 0 Å². The predicted octanol–water partition coefficient (Wildman–Crippen LogP) is -0.742. The number of nitrogens with zero attached hydrogens (tertiary/aromatic N) is 1. The molecular formula is CH5CoNO4. The molecule has 0 rings (SSSR count). The summed E-state index contributed by atoms with van der Waals surface area (Å²) in [6, 6.07) is 0. The molecule has 0 aromatic carbocycles. The monoisotopic (exact) mass is 154 g/mol. The quantitative estimate of drug-likeness (QED) is 0.355. The SMILES string of the molecule is CO.O=[N+]([O-])O.[Co]. The Morgan fingerprint density at radius 3 is 1.57 bits per heavy atom. The topological polar surface area (TPSA) is 83.6 Å². The van der Waals surface area contributed by atoms with Gasteiger partial charge in [0.1, 0.15) is 0 Å². The van der Waals surface area contributed by atoms with Crippen LogP contribution in [-0.2, 0) is 16.8 Å². The molecule has 0 amide bonds. The number of aliphatic hydroxyl groups is 1. The number of hydrogen-bond donors (Lipinski definition) is 2. The van der Waals surface area contributed by atoms with Crippen molar-refractivity contribution >= 4 is 0 Å². The Morgan fingerprint density at radius 1 is 1.57 bits per heavy atom. The zero-order valence-corrected chi connectivity index (χ0v) is 4.53. The number of aliphatic hydroxyl groups excluding tert-OH is 1. The van der Waals surface area contributed by atoms with Gasteiger partial charge >= 0.3 is 0 Å². The minimum Gasteiger partial charge on any atom is -0.400 e. The van der Waals surface area contributed by atoms with Crippen molar-refractivity contribution < 1.29 is 32.2 Å². The van der Waals surface area contributed by atoms with Crippen molar-refractivity contribution in [1.29, 1.82) is 0 Å². The van der Waals surface area contributed by atoms with Crippen LogP contribution < -0.4 is 0 Å². The van der Waals surface area contributed by atoms with E-state index in [0.29, 0.717) is 0 Å². The molecule has 1 radical (unpaired) electrons. The summed E-state index contributed by atoms with van der Waals surface area (Å²) in [6.07, 6.45) is 0. The van der Waals surface area contributed by atoms with Gasteiger partial charge in [0.25, 0.3) is 5.09 Å². The van der Waals surface area contributed by atoms with Crippen molar-refractivity contribution in [2.24, 2.45) is 0 Å². The Balaban J connectivity index is -0.0000000480. The zero-order valence-electron chi connectivity index (χ0n) is 3.49. The van der Waals surface area contributed by atoms with Gasteiger partial charge in [0, 0.05) is 23.9 Å². The summed E-state index contributed by atoms with van der Waals surface area (Å²) in [5, 5.41) is 20.6. The second-order valence-corrected chi connectivity index (χ2v) is 0.238. The standard InChI is InChI=1S/CH4O.Co.HNO3/c1-2;;2-1(3)4/h2H,1H3;;(H,2,3,4). The fraction of sp³-hybridized carbons (Fsp3) is 1.00. The molecule has 0 heterocycles. The molecule has 2 N–H and O–H groups in total. The van der Waals surface area contributed by atoms with Crippen LogP contribution in [-0.4, -0.2) is 22.5 Å². The molecule has 0 aromatic rings. The molecule has 0 spiro atoms. The van der Waals surface area contributed by atoms with E-state index in [1.165, 1.54) is 0 Å². The predicted molar refractivity (Wildman–Crippen MR) is 16.9 cm³/mol. The fourth-order valence-corrected chi connectivity index (χ4v) is 0. The van der Waals surface area contributed by atoms with Crippen LogP contribution in [0.1, 0.15) is 0 Å². The van der Waals surface area contributed by atoms with Gasteiger partial charge in [0.05, 0.1) is 0 Å². The minimum atomic E-state index is -1.50. The Labute approximate surface area is 50.3 Å². The molecule has 0 aliphatic carbocycles. The van der Waals surface area contributed by atoms with Crippen LogP contribution in [0.15, 0.2) is 0 Å². The molecular weight excluding hydrogens is 149 g/mol. The van der Waals surface area contributed by atoms with Gasteiger partial charge in [0.2, 0.25) is 0 Å². The first-order chi connectivity index (χ1) is 2.73. The average Bonchev–Trinajstić information content (AvgIpc) is 1.41. The van der Waals surface area contributed by atoms with Crippen molar-refractivity contribution in [2.45, 2.75) is 0 Å². The smallest absolute Gasteiger partial charge is 0.291 e. The summed E-state index contributed by atoms with van der Waals surface area (Å²) < 4.78 is 0. The van der Waals surface area contributed by atoms with Gasteiger partial charge in [-0.25, -0.2) is 0 Å². The normalized spacial score (nSPS) is 4.29. The van der Waals surface area contributed by atoms with Gasteiger partial charge in [-0.05, 0) is 0 Å². The van der Waals surface area contributed by atoms with Gasteiger partial charge in [-0.15, -0.1) is 10.1 Å². The Morgan fingerprint density at radius 2 is 1.57 bits per heavy atom. The minimum absolute atomic E-state index is 0. The Bertz CT molecular complexity index is 34.7.